The molecule has 1 aromatic carbocycles. The van der Waals surface area contributed by atoms with Crippen LogP contribution in [-0.4, -0.2) is 49.8 Å². The van der Waals surface area contributed by atoms with Crippen LogP contribution in [0.3, 0.4) is 0 Å². The maximum Gasteiger partial charge on any atom is 0.316 e. The Morgan fingerprint density at radius 3 is 2.65 bits per heavy atom. The molecule has 1 aromatic rings. The van der Waals surface area contributed by atoms with Crippen LogP contribution in [0.15, 0.2) is 30.3 Å². The molecule has 0 amide bonds. The molecule has 0 bridgehead atoms. The molecule has 0 N–H and O–H groups in total. The Bertz CT molecular complexity index is 503. The van der Waals surface area contributed by atoms with Crippen molar-refractivity contribution in [2.24, 2.45) is 0 Å². The maximum absolute atomic E-state index is 12.7. The van der Waals surface area contributed by atoms with E-state index >= 15 is 0 Å². The fraction of sp³-hybridized carbons (Fsp3) is 0.632. The van der Waals surface area contributed by atoms with Crippen LogP contribution in [0.4, 0.5) is 0 Å². The van der Waals surface area contributed by atoms with Gasteiger partial charge in [-0.05, 0) is 51.3 Å². The van der Waals surface area contributed by atoms with Gasteiger partial charge in [0.1, 0.15) is 0 Å². The van der Waals surface area contributed by atoms with Crippen molar-refractivity contribution >= 4 is 5.97 Å². The highest BCUT2D eigenvalue weighted by Crippen LogP contribution is 2.37. The summed E-state index contributed by atoms with van der Waals surface area (Å²) in [6.07, 6.45) is 4.36. The number of carbonyl (C=O) groups excluding carboxylic acids is 1. The van der Waals surface area contributed by atoms with Crippen LogP contribution in [0.1, 0.15) is 38.2 Å². The number of hydrogen-bond donors (Lipinski definition) is 0. The standard InChI is InChI=1S/C19H27NO3/c1-2-22-18(21)19(16-7-4-3-5-8-16)10-12-20(13-11-19)15-17-9-6-14-23-17/h3-5,7-8,17H,2,6,9-15H2,1H3. The number of piperidine rings is 1. The Labute approximate surface area is 138 Å². The molecule has 2 heterocycles. The Balaban J connectivity index is 1.70. The van der Waals surface area contributed by atoms with E-state index in [0.29, 0.717) is 12.7 Å². The normalized spacial score (nSPS) is 24.5. The van der Waals surface area contributed by atoms with Crippen molar-refractivity contribution in [3.8, 4) is 0 Å². The van der Waals surface area contributed by atoms with E-state index in [0.717, 1.165) is 51.1 Å². The summed E-state index contributed by atoms with van der Waals surface area (Å²) in [7, 11) is 0. The van der Waals surface area contributed by atoms with E-state index in [4.69, 9.17) is 9.47 Å². The van der Waals surface area contributed by atoms with E-state index in [-0.39, 0.29) is 5.97 Å². The van der Waals surface area contributed by atoms with Crippen LogP contribution >= 0.6 is 0 Å². The lowest BCUT2D eigenvalue weighted by molar-refractivity contribution is -0.152. The van der Waals surface area contributed by atoms with Crippen LogP contribution in [0.5, 0.6) is 0 Å². The number of ether oxygens (including phenoxy) is 2. The van der Waals surface area contributed by atoms with Crippen molar-refractivity contribution < 1.29 is 14.3 Å². The monoisotopic (exact) mass is 317 g/mol. The molecule has 4 nitrogen and oxygen atoms in total. The lowest BCUT2D eigenvalue weighted by Gasteiger charge is -2.40. The first kappa shape index (κ1) is 16.5. The van der Waals surface area contributed by atoms with Crippen molar-refractivity contribution in [1.29, 1.82) is 0 Å². The summed E-state index contributed by atoms with van der Waals surface area (Å²) in [5.41, 5.74) is 0.611. The summed E-state index contributed by atoms with van der Waals surface area (Å²) in [5.74, 6) is -0.0667. The highest BCUT2D eigenvalue weighted by Gasteiger charge is 2.44. The number of likely N-dealkylation sites (tertiary alicyclic amines) is 1. The molecule has 1 unspecified atom stereocenters. The molecule has 0 spiro atoms. The first-order chi connectivity index (χ1) is 11.2. The minimum absolute atomic E-state index is 0.0667. The summed E-state index contributed by atoms with van der Waals surface area (Å²) in [6, 6.07) is 10.1. The van der Waals surface area contributed by atoms with Gasteiger partial charge in [-0.25, -0.2) is 0 Å². The minimum Gasteiger partial charge on any atom is -0.465 e. The predicted octanol–water partition coefficient (Wildman–Crippen LogP) is 2.76. The number of benzene rings is 1. The molecule has 2 saturated heterocycles. The lowest BCUT2D eigenvalue weighted by atomic mass is 9.72. The van der Waals surface area contributed by atoms with Gasteiger partial charge >= 0.3 is 5.97 Å². The van der Waals surface area contributed by atoms with Gasteiger partial charge in [0.2, 0.25) is 0 Å². The van der Waals surface area contributed by atoms with Crippen molar-refractivity contribution in [3.63, 3.8) is 0 Å². The second-order valence-corrected chi connectivity index (χ2v) is 6.60. The zero-order valence-electron chi connectivity index (χ0n) is 14.0. The third-order valence-corrected chi connectivity index (χ3v) is 5.19. The van der Waals surface area contributed by atoms with Gasteiger partial charge in [-0.15, -0.1) is 0 Å². The Morgan fingerprint density at radius 1 is 1.30 bits per heavy atom. The van der Waals surface area contributed by atoms with E-state index < -0.39 is 5.41 Å². The maximum atomic E-state index is 12.7. The number of carbonyl (C=O) groups is 1. The largest absolute Gasteiger partial charge is 0.465 e. The second-order valence-electron chi connectivity index (χ2n) is 6.60. The molecule has 4 heteroatoms. The topological polar surface area (TPSA) is 38.8 Å². The van der Waals surface area contributed by atoms with Gasteiger partial charge in [0, 0.05) is 13.2 Å². The molecule has 23 heavy (non-hydrogen) atoms. The van der Waals surface area contributed by atoms with Crippen LogP contribution in [0, 0.1) is 0 Å². The van der Waals surface area contributed by atoms with E-state index in [1.165, 1.54) is 6.42 Å². The predicted molar refractivity (Wildman–Crippen MR) is 89.4 cm³/mol. The molecule has 0 aromatic heterocycles. The first-order valence-electron chi connectivity index (χ1n) is 8.81. The summed E-state index contributed by atoms with van der Waals surface area (Å²) in [5, 5.41) is 0. The van der Waals surface area contributed by atoms with Crippen molar-refractivity contribution in [1.82, 2.24) is 4.90 Å². The average molecular weight is 317 g/mol. The Morgan fingerprint density at radius 2 is 2.04 bits per heavy atom. The third-order valence-electron chi connectivity index (χ3n) is 5.19. The molecule has 3 rings (SSSR count). The van der Waals surface area contributed by atoms with Gasteiger partial charge in [0.05, 0.1) is 18.1 Å². The van der Waals surface area contributed by atoms with Crippen LogP contribution in [-0.2, 0) is 19.7 Å². The Kier molecular flexibility index (Phi) is 5.34. The third kappa shape index (κ3) is 3.59. The summed E-state index contributed by atoms with van der Waals surface area (Å²) < 4.78 is 11.2. The minimum atomic E-state index is -0.482. The lowest BCUT2D eigenvalue weighted by Crippen LogP contribution is -2.49. The molecular weight excluding hydrogens is 290 g/mol. The van der Waals surface area contributed by atoms with Crippen molar-refractivity contribution in [2.45, 2.75) is 44.1 Å². The van der Waals surface area contributed by atoms with Gasteiger partial charge in [0.25, 0.3) is 0 Å². The summed E-state index contributed by atoms with van der Waals surface area (Å²) in [4.78, 5) is 15.1. The van der Waals surface area contributed by atoms with E-state index in [9.17, 15) is 4.79 Å². The van der Waals surface area contributed by atoms with Gasteiger partial charge in [-0.2, -0.15) is 0 Å². The SMILES string of the molecule is CCOC(=O)C1(c2ccccc2)CCN(CC2CCCO2)CC1. The van der Waals surface area contributed by atoms with E-state index in [1.54, 1.807) is 0 Å². The van der Waals surface area contributed by atoms with Gasteiger partial charge in [-0.3, -0.25) is 4.79 Å². The fourth-order valence-electron chi connectivity index (χ4n) is 3.83. The molecular formula is C19H27NO3. The number of rotatable bonds is 5. The summed E-state index contributed by atoms with van der Waals surface area (Å²) >= 11 is 0. The molecule has 0 radical (unpaired) electrons. The van der Waals surface area contributed by atoms with E-state index in [2.05, 4.69) is 17.0 Å². The molecule has 126 valence electrons. The number of esters is 1. The quantitative estimate of drug-likeness (QED) is 0.783. The van der Waals surface area contributed by atoms with Crippen LogP contribution < -0.4 is 0 Å². The first-order valence-corrected chi connectivity index (χ1v) is 8.81. The average Bonchev–Trinajstić information content (AvgIpc) is 3.10. The van der Waals surface area contributed by atoms with Crippen molar-refractivity contribution in [3.05, 3.63) is 35.9 Å². The number of hydrogen-bond acceptors (Lipinski definition) is 4. The zero-order chi connectivity index (χ0) is 16.1. The molecule has 2 fully saturated rings. The van der Waals surface area contributed by atoms with Crippen LogP contribution in [0.2, 0.25) is 0 Å². The van der Waals surface area contributed by atoms with E-state index in [1.807, 2.05) is 25.1 Å². The van der Waals surface area contributed by atoms with Gasteiger partial charge < -0.3 is 14.4 Å². The smallest absolute Gasteiger partial charge is 0.316 e. The van der Waals surface area contributed by atoms with Crippen molar-refractivity contribution in [2.75, 3.05) is 32.8 Å². The highest BCUT2D eigenvalue weighted by molar-refractivity contribution is 5.83. The molecule has 2 aliphatic heterocycles. The Hall–Kier alpha value is -1.39. The fourth-order valence-corrected chi connectivity index (χ4v) is 3.83. The second kappa shape index (κ2) is 7.45. The molecule has 1 atom stereocenters. The van der Waals surface area contributed by atoms with Crippen LogP contribution in [0.25, 0.3) is 0 Å². The molecule has 0 aliphatic carbocycles. The molecule has 2 aliphatic rings. The summed E-state index contributed by atoms with van der Waals surface area (Å²) in [6.45, 7) is 6.06. The van der Waals surface area contributed by atoms with Gasteiger partial charge in [0.15, 0.2) is 0 Å². The number of nitrogens with zero attached hydrogens (tertiary/aromatic N) is 1. The molecule has 0 saturated carbocycles. The highest BCUT2D eigenvalue weighted by atomic mass is 16.5. The van der Waals surface area contributed by atoms with Gasteiger partial charge in [-0.1, -0.05) is 30.3 Å². The zero-order valence-corrected chi connectivity index (χ0v) is 14.0.